The summed E-state index contributed by atoms with van der Waals surface area (Å²) >= 11 is 0. The Morgan fingerprint density at radius 3 is 2.42 bits per heavy atom. The van der Waals surface area contributed by atoms with Gasteiger partial charge in [0.05, 0.1) is 9.82 Å². The Hall–Kier alpha value is -3.05. The lowest BCUT2D eigenvalue weighted by Gasteiger charge is -2.15. The van der Waals surface area contributed by atoms with Gasteiger partial charge in [0.15, 0.2) is 6.10 Å². The zero-order chi connectivity index (χ0) is 19.5. The maximum atomic E-state index is 13.3. The van der Waals surface area contributed by atoms with Crippen LogP contribution < -0.4 is 15.2 Å². The summed E-state index contributed by atoms with van der Waals surface area (Å²) in [6.45, 7) is 1.32. The van der Waals surface area contributed by atoms with Gasteiger partial charge in [-0.2, -0.15) is 0 Å². The molecule has 0 saturated carbocycles. The Labute approximate surface area is 147 Å². The highest BCUT2D eigenvalue weighted by Gasteiger charge is 2.22. The predicted molar refractivity (Wildman–Crippen MR) is 89.6 cm³/mol. The molecule has 1 amide bonds. The van der Waals surface area contributed by atoms with Crippen LogP contribution in [0.15, 0.2) is 47.4 Å². The van der Waals surface area contributed by atoms with E-state index in [4.69, 9.17) is 9.88 Å². The van der Waals surface area contributed by atoms with Crippen LogP contribution in [-0.4, -0.2) is 25.4 Å². The average Bonchev–Trinajstić information content (AvgIpc) is 2.54. The lowest BCUT2D eigenvalue weighted by atomic mass is 10.2. The van der Waals surface area contributed by atoms with Crippen LogP contribution in [0.2, 0.25) is 0 Å². The third kappa shape index (κ3) is 4.74. The Bertz CT molecular complexity index is 946. The number of halogens is 1. The summed E-state index contributed by atoms with van der Waals surface area (Å²) < 4.78 is 40.8. The molecule has 0 aliphatic heterocycles. The van der Waals surface area contributed by atoms with Crippen LogP contribution >= 0.6 is 0 Å². The van der Waals surface area contributed by atoms with E-state index in [-0.39, 0.29) is 16.3 Å². The van der Waals surface area contributed by atoms with Crippen LogP contribution in [0.25, 0.3) is 0 Å². The van der Waals surface area contributed by atoms with Gasteiger partial charge in [0.1, 0.15) is 5.82 Å². The number of benzene rings is 2. The van der Waals surface area contributed by atoms with Crippen molar-refractivity contribution in [1.29, 1.82) is 0 Å². The first kappa shape index (κ1) is 19.3. The SMILES string of the molecule is C[C@H](Oc1cc(F)ccc1[N+](=O)[O-])C(=O)Nc1ccc(S(N)(=O)=O)cc1. The second-order valence-corrected chi connectivity index (χ2v) is 6.75. The van der Waals surface area contributed by atoms with Gasteiger partial charge in [-0.15, -0.1) is 0 Å². The van der Waals surface area contributed by atoms with E-state index in [1.807, 2.05) is 0 Å². The molecule has 0 saturated heterocycles. The van der Waals surface area contributed by atoms with Crippen LogP contribution in [0.3, 0.4) is 0 Å². The van der Waals surface area contributed by atoms with Crippen molar-refractivity contribution < 1.29 is 27.3 Å². The Morgan fingerprint density at radius 1 is 1.27 bits per heavy atom. The molecule has 9 nitrogen and oxygen atoms in total. The molecule has 11 heteroatoms. The summed E-state index contributed by atoms with van der Waals surface area (Å²) in [5, 5.41) is 18.3. The van der Waals surface area contributed by atoms with Gasteiger partial charge in [-0.3, -0.25) is 14.9 Å². The number of ether oxygens (including phenoxy) is 1. The topological polar surface area (TPSA) is 142 Å². The van der Waals surface area contributed by atoms with E-state index in [1.54, 1.807) is 0 Å². The van der Waals surface area contributed by atoms with E-state index in [0.717, 1.165) is 18.2 Å². The summed E-state index contributed by atoms with van der Waals surface area (Å²) in [7, 11) is -3.86. The van der Waals surface area contributed by atoms with Crippen LogP contribution in [0.1, 0.15) is 6.92 Å². The number of sulfonamides is 1. The predicted octanol–water partition coefficient (Wildman–Crippen LogP) is 1.79. The van der Waals surface area contributed by atoms with E-state index >= 15 is 0 Å². The number of anilines is 1. The van der Waals surface area contributed by atoms with E-state index in [1.165, 1.54) is 31.2 Å². The van der Waals surface area contributed by atoms with Crippen molar-refractivity contribution >= 4 is 27.3 Å². The number of nitrogens with zero attached hydrogens (tertiary/aromatic N) is 1. The van der Waals surface area contributed by atoms with Gasteiger partial charge in [0.2, 0.25) is 15.8 Å². The first-order chi connectivity index (χ1) is 12.1. The van der Waals surface area contributed by atoms with Gasteiger partial charge in [0.25, 0.3) is 5.91 Å². The van der Waals surface area contributed by atoms with Crippen LogP contribution in [0, 0.1) is 15.9 Å². The number of nitrogens with two attached hydrogens (primary N) is 1. The van der Waals surface area contributed by atoms with Crippen molar-refractivity contribution in [3.05, 3.63) is 58.4 Å². The Kier molecular flexibility index (Phi) is 5.53. The van der Waals surface area contributed by atoms with Crippen molar-refractivity contribution in [3.8, 4) is 5.75 Å². The van der Waals surface area contributed by atoms with Gasteiger partial charge in [-0.25, -0.2) is 17.9 Å². The molecule has 2 aromatic carbocycles. The minimum Gasteiger partial charge on any atom is -0.474 e. The van der Waals surface area contributed by atoms with Crippen molar-refractivity contribution in [3.63, 3.8) is 0 Å². The smallest absolute Gasteiger partial charge is 0.311 e. The fourth-order valence-corrected chi connectivity index (χ4v) is 2.46. The van der Waals surface area contributed by atoms with Crippen molar-refractivity contribution in [2.45, 2.75) is 17.9 Å². The van der Waals surface area contributed by atoms with Gasteiger partial charge in [0, 0.05) is 17.8 Å². The molecule has 0 fully saturated rings. The van der Waals surface area contributed by atoms with Gasteiger partial charge >= 0.3 is 5.69 Å². The molecule has 3 N–H and O–H groups in total. The van der Waals surface area contributed by atoms with Gasteiger partial charge in [-0.05, 0) is 37.3 Å². The molecular formula is C15H14FN3O6S. The molecule has 26 heavy (non-hydrogen) atoms. The average molecular weight is 383 g/mol. The third-order valence-electron chi connectivity index (χ3n) is 3.24. The van der Waals surface area contributed by atoms with Crippen molar-refractivity contribution in [2.75, 3.05) is 5.32 Å². The second-order valence-electron chi connectivity index (χ2n) is 5.19. The molecule has 2 rings (SSSR count). The van der Waals surface area contributed by atoms with Crippen LogP contribution in [0.5, 0.6) is 5.75 Å². The third-order valence-corrected chi connectivity index (χ3v) is 4.17. The Balaban J connectivity index is 2.11. The van der Waals surface area contributed by atoms with E-state index < -0.39 is 38.5 Å². The minimum atomic E-state index is -3.86. The molecule has 0 bridgehead atoms. The molecule has 0 unspecified atom stereocenters. The summed E-state index contributed by atoms with van der Waals surface area (Å²) in [6.07, 6.45) is -1.19. The molecule has 0 aliphatic carbocycles. The molecule has 1 atom stereocenters. The highest BCUT2D eigenvalue weighted by atomic mass is 32.2. The molecule has 0 aliphatic rings. The minimum absolute atomic E-state index is 0.129. The van der Waals surface area contributed by atoms with Crippen molar-refractivity contribution in [2.24, 2.45) is 5.14 Å². The standard InChI is InChI=1S/C15H14FN3O6S/c1-9(25-14-8-10(16)2-7-13(14)19(21)22)15(20)18-11-3-5-12(6-4-11)26(17,23)24/h2-9H,1H3,(H,18,20)(H2,17,23,24)/t9-/m0/s1. The summed E-state index contributed by atoms with van der Waals surface area (Å²) in [5.74, 6) is -1.81. The highest BCUT2D eigenvalue weighted by Crippen LogP contribution is 2.28. The monoisotopic (exact) mass is 383 g/mol. The first-order valence-electron chi connectivity index (χ1n) is 7.12. The number of carbonyl (C=O) groups excluding carboxylic acids is 1. The number of carbonyl (C=O) groups is 1. The molecule has 0 spiro atoms. The molecule has 0 aromatic heterocycles. The quantitative estimate of drug-likeness (QED) is 0.575. The number of nitro groups is 1. The first-order valence-corrected chi connectivity index (χ1v) is 8.67. The largest absolute Gasteiger partial charge is 0.474 e. The number of primary sulfonamides is 1. The number of hydrogen-bond acceptors (Lipinski definition) is 6. The fraction of sp³-hybridized carbons (Fsp3) is 0.133. The zero-order valence-electron chi connectivity index (χ0n) is 13.4. The van der Waals surface area contributed by atoms with Gasteiger partial charge in [-0.1, -0.05) is 0 Å². The maximum absolute atomic E-state index is 13.3. The molecule has 2 aromatic rings. The number of nitrogens with one attached hydrogen (secondary N) is 1. The van der Waals surface area contributed by atoms with E-state index in [9.17, 15) is 27.7 Å². The molecule has 138 valence electrons. The maximum Gasteiger partial charge on any atom is 0.311 e. The summed E-state index contributed by atoms with van der Waals surface area (Å²) in [4.78, 5) is 22.2. The highest BCUT2D eigenvalue weighted by molar-refractivity contribution is 7.89. The number of amides is 1. The zero-order valence-corrected chi connectivity index (χ0v) is 14.2. The second kappa shape index (κ2) is 7.45. The van der Waals surface area contributed by atoms with E-state index in [0.29, 0.717) is 0 Å². The number of rotatable bonds is 6. The lowest BCUT2D eigenvalue weighted by Crippen LogP contribution is -2.30. The molecular weight excluding hydrogens is 369 g/mol. The number of nitro benzene ring substituents is 1. The van der Waals surface area contributed by atoms with Gasteiger partial charge < -0.3 is 10.1 Å². The molecule has 0 radical (unpaired) electrons. The van der Waals surface area contributed by atoms with Crippen LogP contribution in [0.4, 0.5) is 15.8 Å². The fourth-order valence-electron chi connectivity index (χ4n) is 1.95. The van der Waals surface area contributed by atoms with E-state index in [2.05, 4.69) is 5.32 Å². The molecule has 0 heterocycles. The Morgan fingerprint density at radius 2 is 1.88 bits per heavy atom. The summed E-state index contributed by atoms with van der Waals surface area (Å²) in [6, 6.07) is 7.68. The lowest BCUT2D eigenvalue weighted by molar-refractivity contribution is -0.386. The summed E-state index contributed by atoms with van der Waals surface area (Å²) in [5.41, 5.74) is -0.227. The van der Waals surface area contributed by atoms with Crippen LogP contribution in [-0.2, 0) is 14.8 Å². The van der Waals surface area contributed by atoms with Crippen molar-refractivity contribution in [1.82, 2.24) is 0 Å². The number of hydrogen-bond donors (Lipinski definition) is 2. The normalized spacial score (nSPS) is 12.3.